The van der Waals surface area contributed by atoms with Crippen LogP contribution in [0.3, 0.4) is 0 Å². The van der Waals surface area contributed by atoms with Crippen molar-refractivity contribution < 1.29 is 13.2 Å². The lowest BCUT2D eigenvalue weighted by Crippen LogP contribution is -2.50. The molecule has 0 aromatic rings. The number of hydrogen-bond donors (Lipinski definition) is 1. The molecule has 6 heteroatoms. The molecule has 0 bridgehead atoms. The molecule has 1 aliphatic carbocycles. The lowest BCUT2D eigenvalue weighted by Gasteiger charge is -2.30. The van der Waals surface area contributed by atoms with Gasteiger partial charge in [-0.05, 0) is 37.5 Å². The molecule has 0 spiro atoms. The van der Waals surface area contributed by atoms with Crippen LogP contribution in [-0.2, 0) is 9.84 Å². The molecule has 1 saturated heterocycles. The summed E-state index contributed by atoms with van der Waals surface area (Å²) in [5.41, 5.74) is 0. The molecule has 2 atom stereocenters. The van der Waals surface area contributed by atoms with E-state index in [1.807, 2.05) is 18.7 Å². The summed E-state index contributed by atoms with van der Waals surface area (Å²) in [6.07, 6.45) is 7.33. The van der Waals surface area contributed by atoms with Crippen molar-refractivity contribution in [2.75, 3.05) is 25.9 Å². The molecule has 2 rings (SSSR count). The number of urea groups is 1. The summed E-state index contributed by atoms with van der Waals surface area (Å²) in [5.74, 6) is 1.30. The van der Waals surface area contributed by atoms with Gasteiger partial charge in [0.1, 0.15) is 0 Å². The molecule has 0 aromatic carbocycles. The van der Waals surface area contributed by atoms with Crippen molar-refractivity contribution >= 4 is 15.9 Å². The minimum absolute atomic E-state index is 0.0932. The highest BCUT2D eigenvalue weighted by molar-refractivity contribution is 7.92. The summed E-state index contributed by atoms with van der Waals surface area (Å²) in [6.45, 7) is 5.63. The molecule has 0 aromatic heterocycles. The normalized spacial score (nSPS) is 25.9. The fraction of sp³-hybridized carbons (Fsp3) is 0.938. The summed E-state index contributed by atoms with van der Waals surface area (Å²) in [6, 6.07) is -0.0932. The van der Waals surface area contributed by atoms with Crippen LogP contribution in [0.15, 0.2) is 0 Å². The predicted octanol–water partition coefficient (Wildman–Crippen LogP) is 2.42. The number of hydrogen-bond acceptors (Lipinski definition) is 3. The molecule has 2 aliphatic rings. The lowest BCUT2D eigenvalue weighted by atomic mass is 9.82. The number of sulfone groups is 1. The highest BCUT2D eigenvalue weighted by Gasteiger charge is 2.40. The Morgan fingerprint density at radius 3 is 2.05 bits per heavy atom. The molecule has 1 N–H and O–H groups in total. The van der Waals surface area contributed by atoms with E-state index >= 15 is 0 Å². The zero-order valence-corrected chi connectivity index (χ0v) is 14.9. The second-order valence-electron chi connectivity index (χ2n) is 7.03. The zero-order chi connectivity index (χ0) is 16.4. The second-order valence-corrected chi connectivity index (χ2v) is 9.44. The first-order chi connectivity index (χ1) is 10.3. The van der Waals surface area contributed by atoms with Crippen LogP contribution in [0.1, 0.15) is 52.4 Å². The Bertz CT molecular complexity index is 486. The van der Waals surface area contributed by atoms with Crippen LogP contribution in [-0.4, -0.2) is 50.0 Å². The van der Waals surface area contributed by atoms with E-state index in [1.54, 1.807) is 0 Å². The maximum Gasteiger partial charge on any atom is 0.317 e. The van der Waals surface area contributed by atoms with Crippen LogP contribution < -0.4 is 5.32 Å². The number of carbonyl (C=O) groups is 1. The van der Waals surface area contributed by atoms with Crippen molar-refractivity contribution in [1.29, 1.82) is 0 Å². The SMILES string of the molecule is CCC(CC)(CNC(=O)N1C[C@H]2CCCC[C@H]2C1)S(C)(=O)=O. The number of amides is 2. The summed E-state index contributed by atoms with van der Waals surface area (Å²) in [5, 5.41) is 2.89. The highest BCUT2D eigenvalue weighted by atomic mass is 32.2. The van der Waals surface area contributed by atoms with Gasteiger partial charge in [-0.15, -0.1) is 0 Å². The van der Waals surface area contributed by atoms with E-state index in [0.717, 1.165) is 13.1 Å². The third-order valence-corrected chi connectivity index (χ3v) is 8.20. The maximum absolute atomic E-state index is 12.4. The van der Waals surface area contributed by atoms with Gasteiger partial charge in [-0.1, -0.05) is 26.7 Å². The molecule has 0 unspecified atom stereocenters. The Morgan fingerprint density at radius 1 is 1.14 bits per heavy atom. The molecule has 2 fully saturated rings. The van der Waals surface area contributed by atoms with E-state index in [-0.39, 0.29) is 12.6 Å². The van der Waals surface area contributed by atoms with Crippen LogP contribution in [0.25, 0.3) is 0 Å². The molecule has 2 amide bonds. The molecular formula is C16H30N2O3S. The van der Waals surface area contributed by atoms with Crippen molar-refractivity contribution in [1.82, 2.24) is 10.2 Å². The summed E-state index contributed by atoms with van der Waals surface area (Å²) < 4.78 is 23.3. The number of nitrogens with one attached hydrogen (secondary N) is 1. The van der Waals surface area contributed by atoms with Gasteiger partial charge in [0.05, 0.1) is 4.75 Å². The average molecular weight is 330 g/mol. The Labute approximate surface area is 134 Å². The van der Waals surface area contributed by atoms with Gasteiger partial charge in [-0.3, -0.25) is 0 Å². The van der Waals surface area contributed by atoms with Crippen molar-refractivity contribution in [2.24, 2.45) is 11.8 Å². The molecule has 128 valence electrons. The lowest BCUT2D eigenvalue weighted by molar-refractivity contribution is 0.204. The van der Waals surface area contributed by atoms with Crippen LogP contribution in [0.2, 0.25) is 0 Å². The number of nitrogens with zero attached hydrogens (tertiary/aromatic N) is 1. The number of fused-ring (bicyclic) bond motifs is 1. The summed E-state index contributed by atoms with van der Waals surface area (Å²) in [4.78, 5) is 14.3. The second kappa shape index (κ2) is 6.77. The topological polar surface area (TPSA) is 66.5 Å². The van der Waals surface area contributed by atoms with Crippen molar-refractivity contribution in [3.8, 4) is 0 Å². The Hall–Kier alpha value is -0.780. The fourth-order valence-corrected chi connectivity index (χ4v) is 5.46. The number of rotatable bonds is 5. The monoisotopic (exact) mass is 330 g/mol. The molecule has 1 saturated carbocycles. The van der Waals surface area contributed by atoms with Gasteiger partial charge in [0.2, 0.25) is 0 Å². The quantitative estimate of drug-likeness (QED) is 0.842. The van der Waals surface area contributed by atoms with E-state index in [2.05, 4.69) is 5.32 Å². The number of carbonyl (C=O) groups excluding carboxylic acids is 1. The van der Waals surface area contributed by atoms with Gasteiger partial charge < -0.3 is 10.2 Å². The van der Waals surface area contributed by atoms with Crippen molar-refractivity contribution in [3.05, 3.63) is 0 Å². The summed E-state index contributed by atoms with van der Waals surface area (Å²) >= 11 is 0. The first-order valence-corrected chi connectivity index (χ1v) is 10.4. The third kappa shape index (κ3) is 3.42. The van der Waals surface area contributed by atoms with Gasteiger partial charge in [0, 0.05) is 25.9 Å². The molecule has 1 heterocycles. The molecule has 5 nitrogen and oxygen atoms in total. The van der Waals surface area contributed by atoms with E-state index < -0.39 is 14.6 Å². The van der Waals surface area contributed by atoms with E-state index in [4.69, 9.17) is 0 Å². The fourth-order valence-electron chi connectivity index (χ4n) is 4.08. The van der Waals surface area contributed by atoms with Crippen LogP contribution in [0.5, 0.6) is 0 Å². The van der Waals surface area contributed by atoms with Crippen LogP contribution >= 0.6 is 0 Å². The molecular weight excluding hydrogens is 300 g/mol. The first kappa shape index (κ1) is 17.6. The van der Waals surface area contributed by atoms with Gasteiger partial charge in [-0.25, -0.2) is 13.2 Å². The van der Waals surface area contributed by atoms with Crippen LogP contribution in [0.4, 0.5) is 4.79 Å². The molecule has 1 aliphatic heterocycles. The van der Waals surface area contributed by atoms with Gasteiger partial charge in [-0.2, -0.15) is 0 Å². The first-order valence-electron chi connectivity index (χ1n) is 8.55. The highest BCUT2D eigenvalue weighted by Crippen LogP contribution is 2.36. The molecule has 0 radical (unpaired) electrons. The van der Waals surface area contributed by atoms with Gasteiger partial charge in [0.15, 0.2) is 9.84 Å². The minimum Gasteiger partial charge on any atom is -0.336 e. The Kier molecular flexibility index (Phi) is 5.41. The van der Waals surface area contributed by atoms with Gasteiger partial charge >= 0.3 is 6.03 Å². The molecule has 22 heavy (non-hydrogen) atoms. The Morgan fingerprint density at radius 2 is 1.64 bits per heavy atom. The number of likely N-dealkylation sites (tertiary alicyclic amines) is 1. The van der Waals surface area contributed by atoms with E-state index in [0.29, 0.717) is 24.7 Å². The average Bonchev–Trinajstić information content (AvgIpc) is 2.91. The third-order valence-electron chi connectivity index (χ3n) is 5.90. The Balaban J connectivity index is 1.95. The van der Waals surface area contributed by atoms with Gasteiger partial charge in [0.25, 0.3) is 0 Å². The maximum atomic E-state index is 12.4. The van der Waals surface area contributed by atoms with Crippen LogP contribution in [0, 0.1) is 11.8 Å². The van der Waals surface area contributed by atoms with E-state index in [9.17, 15) is 13.2 Å². The van der Waals surface area contributed by atoms with E-state index in [1.165, 1.54) is 31.9 Å². The van der Waals surface area contributed by atoms with Crippen molar-refractivity contribution in [3.63, 3.8) is 0 Å². The predicted molar refractivity (Wildman–Crippen MR) is 88.6 cm³/mol. The largest absolute Gasteiger partial charge is 0.336 e. The smallest absolute Gasteiger partial charge is 0.317 e. The summed E-state index contributed by atoms with van der Waals surface area (Å²) in [7, 11) is -3.20. The standard InChI is InChI=1S/C16H30N2O3S/c1-4-16(5-2,22(3,20)21)12-17-15(19)18-10-13-8-6-7-9-14(13)11-18/h13-14H,4-12H2,1-3H3,(H,17,19)/t13-,14+. The zero-order valence-electron chi connectivity index (χ0n) is 14.1. The minimum atomic E-state index is -3.20. The van der Waals surface area contributed by atoms with Crippen molar-refractivity contribution in [2.45, 2.75) is 57.1 Å².